The highest BCUT2D eigenvalue weighted by Crippen LogP contribution is 2.25. The minimum absolute atomic E-state index is 0.226. The molecule has 5 heteroatoms. The number of likely N-dealkylation sites (N-methyl/N-ethyl adjacent to an activating group) is 1. The van der Waals surface area contributed by atoms with Crippen LogP contribution in [0.25, 0.3) is 16.6 Å². The minimum atomic E-state index is -0.226. The van der Waals surface area contributed by atoms with E-state index in [4.69, 9.17) is 9.47 Å². The van der Waals surface area contributed by atoms with E-state index in [0.29, 0.717) is 6.61 Å². The van der Waals surface area contributed by atoms with Crippen molar-refractivity contribution < 1.29 is 13.9 Å². The van der Waals surface area contributed by atoms with E-state index in [-0.39, 0.29) is 5.82 Å². The van der Waals surface area contributed by atoms with Gasteiger partial charge in [-0.2, -0.15) is 0 Å². The van der Waals surface area contributed by atoms with Crippen molar-refractivity contribution in [1.29, 1.82) is 0 Å². The van der Waals surface area contributed by atoms with E-state index < -0.39 is 0 Å². The summed E-state index contributed by atoms with van der Waals surface area (Å²) in [4.78, 5) is 2.27. The Kier molecular flexibility index (Phi) is 6.85. The van der Waals surface area contributed by atoms with Crippen LogP contribution in [0.5, 0.6) is 5.75 Å². The minimum Gasteiger partial charge on any atom is -0.494 e. The molecule has 0 saturated carbocycles. The van der Waals surface area contributed by atoms with Crippen LogP contribution in [0.3, 0.4) is 0 Å². The lowest BCUT2D eigenvalue weighted by Crippen LogP contribution is -2.24. The SMILES string of the molecule is COCCN(C)CCCCOc1ccc2c(ccn2-c2ccc(F)cc2)c1. The molecule has 0 aliphatic heterocycles. The van der Waals surface area contributed by atoms with E-state index >= 15 is 0 Å². The molecule has 1 aromatic heterocycles. The Bertz CT molecular complexity index is 845. The number of fused-ring (bicyclic) bond motifs is 1. The maximum absolute atomic E-state index is 13.1. The molecule has 0 fully saturated rings. The van der Waals surface area contributed by atoms with Gasteiger partial charge in [0.15, 0.2) is 0 Å². The van der Waals surface area contributed by atoms with Gasteiger partial charge in [0, 0.05) is 30.9 Å². The summed E-state index contributed by atoms with van der Waals surface area (Å²) in [6, 6.07) is 14.7. The lowest BCUT2D eigenvalue weighted by Gasteiger charge is -2.15. The molecular formula is C22H27FN2O2. The van der Waals surface area contributed by atoms with Crippen LogP contribution < -0.4 is 4.74 Å². The number of unbranched alkanes of at least 4 members (excludes halogenated alkanes) is 1. The largest absolute Gasteiger partial charge is 0.494 e. The second kappa shape index (κ2) is 9.53. The van der Waals surface area contributed by atoms with Crippen LogP contribution >= 0.6 is 0 Å². The molecule has 0 radical (unpaired) electrons. The van der Waals surface area contributed by atoms with Crippen LogP contribution in [0.2, 0.25) is 0 Å². The average Bonchev–Trinajstić information content (AvgIpc) is 3.10. The predicted octanol–water partition coefficient (Wildman–Crippen LogP) is 4.51. The van der Waals surface area contributed by atoms with Gasteiger partial charge in [0.1, 0.15) is 11.6 Å². The number of nitrogens with zero attached hydrogens (tertiary/aromatic N) is 2. The molecular weight excluding hydrogens is 343 g/mol. The third-order valence-electron chi connectivity index (χ3n) is 4.65. The Balaban J connectivity index is 1.53. The van der Waals surface area contributed by atoms with Crippen LogP contribution in [0.4, 0.5) is 4.39 Å². The quantitative estimate of drug-likeness (QED) is 0.491. The second-order valence-electron chi connectivity index (χ2n) is 6.73. The Morgan fingerprint density at radius 2 is 1.78 bits per heavy atom. The molecule has 144 valence electrons. The topological polar surface area (TPSA) is 26.6 Å². The van der Waals surface area contributed by atoms with E-state index in [1.54, 1.807) is 19.2 Å². The summed E-state index contributed by atoms with van der Waals surface area (Å²) in [5.41, 5.74) is 2.02. The van der Waals surface area contributed by atoms with Crippen molar-refractivity contribution in [2.45, 2.75) is 12.8 Å². The average molecular weight is 370 g/mol. The van der Waals surface area contributed by atoms with E-state index in [2.05, 4.69) is 28.6 Å². The summed E-state index contributed by atoms with van der Waals surface area (Å²) in [7, 11) is 3.84. The molecule has 0 aliphatic carbocycles. The molecule has 0 amide bonds. The Morgan fingerprint density at radius 1 is 0.963 bits per heavy atom. The van der Waals surface area contributed by atoms with Crippen LogP contribution in [0, 0.1) is 5.82 Å². The number of rotatable bonds is 10. The van der Waals surface area contributed by atoms with Crippen LogP contribution in [-0.2, 0) is 4.74 Å². The molecule has 0 N–H and O–H groups in total. The van der Waals surface area contributed by atoms with Crippen molar-refractivity contribution in [3.8, 4) is 11.4 Å². The summed E-state index contributed by atoms with van der Waals surface area (Å²) >= 11 is 0. The van der Waals surface area contributed by atoms with Gasteiger partial charge in [-0.1, -0.05) is 0 Å². The van der Waals surface area contributed by atoms with Crippen LogP contribution in [-0.4, -0.2) is 49.9 Å². The lowest BCUT2D eigenvalue weighted by atomic mass is 10.2. The fourth-order valence-corrected chi connectivity index (χ4v) is 3.07. The third kappa shape index (κ3) is 5.31. The van der Waals surface area contributed by atoms with Crippen molar-refractivity contribution in [3.63, 3.8) is 0 Å². The molecule has 0 bridgehead atoms. The fourth-order valence-electron chi connectivity index (χ4n) is 3.07. The molecule has 1 heterocycles. The molecule has 0 atom stereocenters. The zero-order valence-corrected chi connectivity index (χ0v) is 16.0. The number of halogens is 1. The van der Waals surface area contributed by atoms with Crippen LogP contribution in [0.1, 0.15) is 12.8 Å². The van der Waals surface area contributed by atoms with Crippen molar-refractivity contribution >= 4 is 10.9 Å². The first-order valence-corrected chi connectivity index (χ1v) is 9.35. The Hall–Kier alpha value is -2.37. The normalized spacial score (nSPS) is 11.4. The highest BCUT2D eigenvalue weighted by molar-refractivity contribution is 5.83. The molecule has 4 nitrogen and oxygen atoms in total. The number of aromatic nitrogens is 1. The second-order valence-corrected chi connectivity index (χ2v) is 6.73. The van der Waals surface area contributed by atoms with Gasteiger partial charge < -0.3 is 18.9 Å². The lowest BCUT2D eigenvalue weighted by molar-refractivity contribution is 0.159. The highest BCUT2D eigenvalue weighted by atomic mass is 19.1. The first kappa shape index (κ1) is 19.4. The van der Waals surface area contributed by atoms with E-state index in [0.717, 1.165) is 54.9 Å². The maximum atomic E-state index is 13.1. The van der Waals surface area contributed by atoms with Crippen molar-refractivity contribution in [3.05, 3.63) is 60.5 Å². The van der Waals surface area contributed by atoms with Crippen molar-refractivity contribution in [2.24, 2.45) is 0 Å². The first-order chi connectivity index (χ1) is 13.2. The smallest absolute Gasteiger partial charge is 0.123 e. The molecule has 0 saturated heterocycles. The van der Waals surface area contributed by atoms with Gasteiger partial charge in [-0.3, -0.25) is 0 Å². The van der Waals surface area contributed by atoms with E-state index in [1.165, 1.54) is 12.1 Å². The molecule has 0 spiro atoms. The number of methoxy groups -OCH3 is 1. The Morgan fingerprint density at radius 3 is 2.56 bits per heavy atom. The van der Waals surface area contributed by atoms with Crippen LogP contribution in [0.15, 0.2) is 54.7 Å². The van der Waals surface area contributed by atoms with Gasteiger partial charge >= 0.3 is 0 Å². The highest BCUT2D eigenvalue weighted by Gasteiger charge is 2.05. The summed E-state index contributed by atoms with van der Waals surface area (Å²) in [6.07, 6.45) is 4.12. The molecule has 3 rings (SSSR count). The molecule has 2 aromatic carbocycles. The first-order valence-electron chi connectivity index (χ1n) is 9.35. The number of hydrogen-bond acceptors (Lipinski definition) is 3. The van der Waals surface area contributed by atoms with E-state index in [9.17, 15) is 4.39 Å². The zero-order valence-electron chi connectivity index (χ0n) is 16.0. The van der Waals surface area contributed by atoms with Crippen molar-refractivity contribution in [2.75, 3.05) is 40.5 Å². The van der Waals surface area contributed by atoms with Gasteiger partial charge in [0.2, 0.25) is 0 Å². The van der Waals surface area contributed by atoms with Crippen molar-refractivity contribution in [1.82, 2.24) is 9.47 Å². The standard InChI is InChI=1S/C22H27FN2O2/c1-24(14-16-26-2)12-3-4-15-27-21-9-10-22-18(17-21)11-13-25(22)20-7-5-19(23)6-8-20/h5-11,13,17H,3-4,12,14-16H2,1-2H3. The fraction of sp³-hybridized carbons (Fsp3) is 0.364. The zero-order chi connectivity index (χ0) is 19.1. The molecule has 0 unspecified atom stereocenters. The maximum Gasteiger partial charge on any atom is 0.123 e. The van der Waals surface area contributed by atoms with Gasteiger partial charge in [0.05, 0.1) is 18.7 Å². The Labute approximate surface area is 160 Å². The predicted molar refractivity (Wildman–Crippen MR) is 107 cm³/mol. The monoisotopic (exact) mass is 370 g/mol. The summed E-state index contributed by atoms with van der Waals surface area (Å²) in [5, 5.41) is 1.11. The number of hydrogen-bond donors (Lipinski definition) is 0. The molecule has 3 aromatic rings. The summed E-state index contributed by atoms with van der Waals surface area (Å²) in [5.74, 6) is 0.655. The van der Waals surface area contributed by atoms with Gasteiger partial charge in [-0.25, -0.2) is 4.39 Å². The molecule has 27 heavy (non-hydrogen) atoms. The number of ether oxygens (including phenoxy) is 2. The summed E-state index contributed by atoms with van der Waals surface area (Å²) < 4.78 is 26.2. The third-order valence-corrected chi connectivity index (χ3v) is 4.65. The molecule has 0 aliphatic rings. The summed E-state index contributed by atoms with van der Waals surface area (Å²) in [6.45, 7) is 3.48. The van der Waals surface area contributed by atoms with Gasteiger partial charge in [-0.15, -0.1) is 0 Å². The van der Waals surface area contributed by atoms with E-state index in [1.807, 2.05) is 18.3 Å². The number of benzene rings is 2. The van der Waals surface area contributed by atoms with Gasteiger partial charge in [-0.05, 0) is 75.0 Å². The van der Waals surface area contributed by atoms with Gasteiger partial charge in [0.25, 0.3) is 0 Å².